The molecule has 1 atom stereocenters. The van der Waals surface area contributed by atoms with Crippen LogP contribution in [0.3, 0.4) is 0 Å². The Balaban J connectivity index is 0.000000241. The number of carbonyl (C=O) groups is 2. The Morgan fingerprint density at radius 3 is 2.00 bits per heavy atom. The van der Waals surface area contributed by atoms with Crippen LogP contribution in [-0.2, 0) is 9.59 Å². The van der Waals surface area contributed by atoms with Crippen molar-refractivity contribution in [2.75, 3.05) is 0 Å². The van der Waals surface area contributed by atoms with E-state index < -0.39 is 12.1 Å². The molecular formula is C7H10F3NO3. The van der Waals surface area contributed by atoms with E-state index in [-0.39, 0.29) is 6.04 Å². The third-order valence-corrected chi connectivity index (χ3v) is 1.53. The van der Waals surface area contributed by atoms with E-state index in [4.69, 9.17) is 15.6 Å². The number of rotatable bonds is 0. The van der Waals surface area contributed by atoms with Gasteiger partial charge in [0, 0.05) is 18.9 Å². The van der Waals surface area contributed by atoms with Crippen molar-refractivity contribution in [2.45, 2.75) is 31.5 Å². The Labute approximate surface area is 77.9 Å². The molecule has 0 aliphatic heterocycles. The van der Waals surface area contributed by atoms with Gasteiger partial charge in [-0.05, 0) is 6.42 Å². The number of nitrogens with two attached hydrogens (primary N) is 1. The summed E-state index contributed by atoms with van der Waals surface area (Å²) < 4.78 is 31.7. The first-order valence-corrected chi connectivity index (χ1v) is 3.81. The smallest absolute Gasteiger partial charge is 0.475 e. The number of Topliss-reactive ketones (excluding diaryl/α,β-unsaturated/α-hetero) is 1. The van der Waals surface area contributed by atoms with Crippen LogP contribution in [0.1, 0.15) is 19.3 Å². The zero-order chi connectivity index (χ0) is 11.4. The molecule has 0 aromatic rings. The fourth-order valence-corrected chi connectivity index (χ4v) is 0.843. The minimum absolute atomic E-state index is 0.174. The van der Waals surface area contributed by atoms with Crippen LogP contribution in [0, 0.1) is 0 Å². The second-order valence-corrected chi connectivity index (χ2v) is 2.84. The fourth-order valence-electron chi connectivity index (χ4n) is 0.843. The molecule has 82 valence electrons. The number of halogens is 3. The van der Waals surface area contributed by atoms with Crippen LogP contribution in [0.25, 0.3) is 0 Å². The number of aliphatic carboxylic acids is 1. The Bertz CT molecular complexity index is 227. The number of ketones is 1. The maximum Gasteiger partial charge on any atom is 0.490 e. The predicted molar refractivity (Wildman–Crippen MR) is 40.5 cm³/mol. The molecule has 3 N–H and O–H groups in total. The molecule has 1 unspecified atom stereocenters. The molecule has 0 radical (unpaired) electrons. The molecule has 0 heterocycles. The van der Waals surface area contributed by atoms with Crippen LogP contribution >= 0.6 is 0 Å². The van der Waals surface area contributed by atoms with E-state index in [1.807, 2.05) is 0 Å². The highest BCUT2D eigenvalue weighted by Crippen LogP contribution is 2.13. The summed E-state index contributed by atoms with van der Waals surface area (Å²) in [5, 5.41) is 7.12. The largest absolute Gasteiger partial charge is 0.490 e. The highest BCUT2D eigenvalue weighted by atomic mass is 19.4. The highest BCUT2D eigenvalue weighted by Gasteiger charge is 2.38. The van der Waals surface area contributed by atoms with Crippen LogP contribution in [0.2, 0.25) is 0 Å². The third-order valence-electron chi connectivity index (χ3n) is 1.53. The first-order valence-electron chi connectivity index (χ1n) is 3.81. The van der Waals surface area contributed by atoms with Crippen molar-refractivity contribution < 1.29 is 27.9 Å². The van der Waals surface area contributed by atoms with Gasteiger partial charge in [0.15, 0.2) is 0 Å². The van der Waals surface area contributed by atoms with Crippen molar-refractivity contribution in [3.05, 3.63) is 0 Å². The van der Waals surface area contributed by atoms with Crippen LogP contribution < -0.4 is 5.73 Å². The van der Waals surface area contributed by atoms with Crippen molar-refractivity contribution in [3.63, 3.8) is 0 Å². The zero-order valence-corrected chi connectivity index (χ0v) is 7.17. The van der Waals surface area contributed by atoms with Crippen molar-refractivity contribution >= 4 is 11.8 Å². The van der Waals surface area contributed by atoms with Crippen molar-refractivity contribution in [1.29, 1.82) is 0 Å². The van der Waals surface area contributed by atoms with Crippen molar-refractivity contribution in [2.24, 2.45) is 5.73 Å². The Morgan fingerprint density at radius 1 is 1.50 bits per heavy atom. The summed E-state index contributed by atoms with van der Waals surface area (Å²) in [5.74, 6) is -2.43. The number of carboxylic acids is 1. The number of hydrogen-bond donors (Lipinski definition) is 2. The van der Waals surface area contributed by atoms with Crippen molar-refractivity contribution in [1.82, 2.24) is 0 Å². The summed E-state index contributed by atoms with van der Waals surface area (Å²) in [6.45, 7) is 0. The molecular weight excluding hydrogens is 203 g/mol. The van der Waals surface area contributed by atoms with Gasteiger partial charge in [0.05, 0.1) is 0 Å². The monoisotopic (exact) mass is 213 g/mol. The molecule has 0 spiro atoms. The number of hydrogen-bond acceptors (Lipinski definition) is 3. The first-order chi connectivity index (χ1) is 6.23. The van der Waals surface area contributed by atoms with Crippen molar-refractivity contribution in [3.8, 4) is 0 Å². The maximum absolute atomic E-state index is 10.6. The molecule has 1 aliphatic rings. The topological polar surface area (TPSA) is 80.4 Å². The van der Waals surface area contributed by atoms with Gasteiger partial charge in [-0.2, -0.15) is 13.2 Å². The summed E-state index contributed by atoms with van der Waals surface area (Å²) in [7, 11) is 0. The molecule has 0 amide bonds. The van der Waals surface area contributed by atoms with Gasteiger partial charge in [0.1, 0.15) is 5.78 Å². The Morgan fingerprint density at radius 2 is 1.93 bits per heavy atom. The standard InChI is InChI=1S/C5H9NO.C2HF3O2/c6-4-1-2-5(7)3-4;3-2(4,5)1(6)7/h4H,1-3,6H2;(H,6,7). The van der Waals surface area contributed by atoms with Gasteiger partial charge < -0.3 is 10.8 Å². The minimum Gasteiger partial charge on any atom is -0.475 e. The third kappa shape index (κ3) is 5.52. The second-order valence-electron chi connectivity index (χ2n) is 2.84. The minimum atomic E-state index is -5.08. The lowest BCUT2D eigenvalue weighted by molar-refractivity contribution is -0.192. The molecule has 1 fully saturated rings. The maximum atomic E-state index is 10.6. The summed E-state index contributed by atoms with van der Waals surface area (Å²) in [6, 6.07) is 0.174. The lowest BCUT2D eigenvalue weighted by atomic mass is 10.3. The summed E-state index contributed by atoms with van der Waals surface area (Å²) in [4.78, 5) is 19.3. The van der Waals surface area contributed by atoms with Crippen LogP contribution in [0.5, 0.6) is 0 Å². The molecule has 1 rings (SSSR count). The number of carboxylic acid groups (broad SMARTS) is 1. The summed E-state index contributed by atoms with van der Waals surface area (Å²) in [6.07, 6.45) is -2.86. The van der Waals surface area contributed by atoms with Gasteiger partial charge in [0.2, 0.25) is 0 Å². The summed E-state index contributed by atoms with van der Waals surface area (Å²) in [5.41, 5.74) is 5.40. The Kier molecular flexibility index (Phi) is 4.55. The second kappa shape index (κ2) is 4.94. The zero-order valence-electron chi connectivity index (χ0n) is 7.17. The number of carbonyl (C=O) groups excluding carboxylic acids is 1. The lowest BCUT2D eigenvalue weighted by Gasteiger charge is -1.93. The Hall–Kier alpha value is -1.11. The van der Waals surface area contributed by atoms with Gasteiger partial charge >= 0.3 is 12.1 Å². The van der Waals surface area contributed by atoms with E-state index in [0.717, 1.165) is 6.42 Å². The molecule has 7 heteroatoms. The van der Waals surface area contributed by atoms with Gasteiger partial charge in [-0.3, -0.25) is 4.79 Å². The normalized spacial score (nSPS) is 21.4. The van der Waals surface area contributed by atoms with E-state index in [9.17, 15) is 18.0 Å². The van der Waals surface area contributed by atoms with E-state index in [2.05, 4.69) is 0 Å². The molecule has 4 nitrogen and oxygen atoms in total. The molecule has 1 aliphatic carbocycles. The predicted octanol–water partition coefficient (Wildman–Crippen LogP) is 0.700. The van der Waals surface area contributed by atoms with Gasteiger partial charge in [-0.25, -0.2) is 4.79 Å². The van der Waals surface area contributed by atoms with E-state index >= 15 is 0 Å². The highest BCUT2D eigenvalue weighted by molar-refractivity contribution is 5.81. The molecule has 0 saturated heterocycles. The first kappa shape index (κ1) is 12.9. The number of alkyl halides is 3. The van der Waals surface area contributed by atoms with E-state index in [1.165, 1.54) is 0 Å². The van der Waals surface area contributed by atoms with E-state index in [1.54, 1.807) is 0 Å². The average Bonchev–Trinajstić information content (AvgIpc) is 2.33. The molecule has 0 aromatic heterocycles. The van der Waals surface area contributed by atoms with Gasteiger partial charge in [-0.1, -0.05) is 0 Å². The average molecular weight is 213 g/mol. The molecule has 14 heavy (non-hydrogen) atoms. The fraction of sp³-hybridized carbons (Fsp3) is 0.714. The van der Waals surface area contributed by atoms with Gasteiger partial charge in [-0.15, -0.1) is 0 Å². The van der Waals surface area contributed by atoms with E-state index in [0.29, 0.717) is 18.6 Å². The quantitative estimate of drug-likeness (QED) is 0.620. The van der Waals surface area contributed by atoms with Crippen LogP contribution in [0.15, 0.2) is 0 Å². The molecule has 1 saturated carbocycles. The molecule has 0 bridgehead atoms. The lowest BCUT2D eigenvalue weighted by Crippen LogP contribution is -2.21. The van der Waals surface area contributed by atoms with Crippen LogP contribution in [-0.4, -0.2) is 29.1 Å². The summed E-state index contributed by atoms with van der Waals surface area (Å²) >= 11 is 0. The van der Waals surface area contributed by atoms with Crippen LogP contribution in [0.4, 0.5) is 13.2 Å². The molecule has 0 aromatic carbocycles. The van der Waals surface area contributed by atoms with Gasteiger partial charge in [0.25, 0.3) is 0 Å². The SMILES string of the molecule is NC1CCC(=O)C1.O=C(O)C(F)(F)F.